The Labute approximate surface area is 203 Å². The first-order chi connectivity index (χ1) is 15.8. The quantitative estimate of drug-likeness (QED) is 0.312. The van der Waals surface area contributed by atoms with E-state index in [9.17, 15) is 4.79 Å². The molecule has 0 radical (unpaired) electrons. The fourth-order valence-corrected chi connectivity index (χ4v) is 6.20. The molecule has 0 aliphatic heterocycles. The summed E-state index contributed by atoms with van der Waals surface area (Å²) < 4.78 is 6.02. The molecule has 2 N–H and O–H groups in total. The van der Waals surface area contributed by atoms with Gasteiger partial charge in [-0.25, -0.2) is 0 Å². The van der Waals surface area contributed by atoms with E-state index in [0.717, 1.165) is 66.8 Å². The predicted molar refractivity (Wildman–Crippen MR) is 138 cm³/mol. The van der Waals surface area contributed by atoms with Gasteiger partial charge in [-0.1, -0.05) is 32.9 Å². The topological polar surface area (TPSA) is 58.6 Å². The summed E-state index contributed by atoms with van der Waals surface area (Å²) in [7, 11) is 0. The van der Waals surface area contributed by atoms with E-state index in [-0.39, 0.29) is 6.61 Å². The van der Waals surface area contributed by atoms with E-state index in [1.165, 1.54) is 21.6 Å². The van der Waals surface area contributed by atoms with Gasteiger partial charge in [0.15, 0.2) is 5.78 Å². The van der Waals surface area contributed by atoms with E-state index < -0.39 is 0 Å². The number of benzene rings is 1. The van der Waals surface area contributed by atoms with E-state index in [4.69, 9.17) is 9.84 Å². The Kier molecular flexibility index (Phi) is 9.14. The highest BCUT2D eigenvalue weighted by molar-refractivity contribution is 7.14. The van der Waals surface area contributed by atoms with Crippen molar-refractivity contribution in [1.29, 1.82) is 0 Å². The van der Waals surface area contributed by atoms with Crippen molar-refractivity contribution < 1.29 is 14.6 Å². The van der Waals surface area contributed by atoms with Crippen molar-refractivity contribution >= 4 is 17.1 Å². The number of rotatable bonds is 12. The summed E-state index contributed by atoms with van der Waals surface area (Å²) in [5.41, 5.74) is 6.63. The first-order valence-electron chi connectivity index (χ1n) is 12.5. The standard InChI is InChI=1S/C28H41NO3S/c1-6-25-23-18-28(4,5)11-10-22(23)27(33-25)24(31)9-8-21-16-19(2)26(20(3)17-21)32-15-7-12-29-13-14-30/h16-17,29-30H,6-15,18H2,1-5H3. The maximum atomic E-state index is 13.2. The molecule has 5 heteroatoms. The molecule has 0 saturated carbocycles. The van der Waals surface area contributed by atoms with Gasteiger partial charge in [0.05, 0.1) is 18.1 Å². The van der Waals surface area contributed by atoms with Gasteiger partial charge in [-0.2, -0.15) is 0 Å². The Bertz CT molecular complexity index is 937. The molecule has 3 rings (SSSR count). The molecule has 182 valence electrons. The van der Waals surface area contributed by atoms with Gasteiger partial charge in [0.25, 0.3) is 0 Å². The molecule has 0 fully saturated rings. The van der Waals surface area contributed by atoms with Crippen molar-refractivity contribution in [3.8, 4) is 5.75 Å². The van der Waals surface area contributed by atoms with Crippen molar-refractivity contribution in [3.05, 3.63) is 49.7 Å². The number of Topliss-reactive ketones (excluding diaryl/α,β-unsaturated/α-hetero) is 1. The molecule has 0 saturated heterocycles. The van der Waals surface area contributed by atoms with Crippen LogP contribution in [0.4, 0.5) is 0 Å². The largest absolute Gasteiger partial charge is 0.493 e. The van der Waals surface area contributed by atoms with Gasteiger partial charge < -0.3 is 15.2 Å². The molecule has 0 atom stereocenters. The van der Waals surface area contributed by atoms with Crippen LogP contribution in [-0.4, -0.2) is 37.2 Å². The molecule has 1 aromatic heterocycles. The summed E-state index contributed by atoms with van der Waals surface area (Å²) in [6, 6.07) is 4.34. The van der Waals surface area contributed by atoms with Crippen molar-refractivity contribution in [1.82, 2.24) is 5.32 Å². The zero-order chi connectivity index (χ0) is 24.0. The number of ketones is 1. The van der Waals surface area contributed by atoms with Gasteiger partial charge in [0.1, 0.15) is 5.75 Å². The van der Waals surface area contributed by atoms with Gasteiger partial charge in [-0.15, -0.1) is 11.3 Å². The molecule has 4 nitrogen and oxygen atoms in total. The van der Waals surface area contributed by atoms with Crippen LogP contribution < -0.4 is 10.1 Å². The third-order valence-corrected chi connectivity index (χ3v) is 8.14. The van der Waals surface area contributed by atoms with Crippen molar-refractivity contribution in [2.24, 2.45) is 5.41 Å². The number of aliphatic hydroxyl groups excluding tert-OH is 1. The average Bonchev–Trinajstić information content (AvgIpc) is 3.12. The monoisotopic (exact) mass is 471 g/mol. The lowest BCUT2D eigenvalue weighted by molar-refractivity contribution is 0.0985. The molecule has 0 unspecified atom stereocenters. The van der Waals surface area contributed by atoms with Crippen LogP contribution >= 0.6 is 11.3 Å². The minimum absolute atomic E-state index is 0.163. The first-order valence-corrected chi connectivity index (χ1v) is 13.3. The maximum Gasteiger partial charge on any atom is 0.173 e. The fourth-order valence-electron chi connectivity index (χ4n) is 4.92. The number of hydrogen-bond donors (Lipinski definition) is 2. The summed E-state index contributed by atoms with van der Waals surface area (Å²) in [5.74, 6) is 1.26. The second kappa shape index (κ2) is 11.6. The van der Waals surface area contributed by atoms with E-state index >= 15 is 0 Å². The van der Waals surface area contributed by atoms with Crippen LogP contribution in [0.25, 0.3) is 0 Å². The number of aliphatic hydroxyl groups is 1. The van der Waals surface area contributed by atoms with Crippen LogP contribution in [0.3, 0.4) is 0 Å². The molecule has 33 heavy (non-hydrogen) atoms. The third-order valence-electron chi connectivity index (χ3n) is 6.68. The number of ether oxygens (including phenoxy) is 1. The lowest BCUT2D eigenvalue weighted by Crippen LogP contribution is -2.22. The lowest BCUT2D eigenvalue weighted by Gasteiger charge is -2.30. The lowest BCUT2D eigenvalue weighted by atomic mass is 9.74. The molecule has 1 aliphatic carbocycles. The molecule has 0 amide bonds. The highest BCUT2D eigenvalue weighted by atomic mass is 32.1. The predicted octanol–water partition coefficient (Wildman–Crippen LogP) is 5.61. The SMILES string of the molecule is CCc1sc(C(=O)CCc2cc(C)c(OCCCNCCO)c(C)c2)c2c1CC(C)(C)CC2. The van der Waals surface area contributed by atoms with Crippen LogP contribution in [0.2, 0.25) is 0 Å². The average molecular weight is 472 g/mol. The van der Waals surface area contributed by atoms with Crippen molar-refractivity contribution in [2.45, 2.75) is 79.6 Å². The number of carbonyl (C=O) groups excluding carboxylic acids is 1. The van der Waals surface area contributed by atoms with Gasteiger partial charge >= 0.3 is 0 Å². The summed E-state index contributed by atoms with van der Waals surface area (Å²) in [5, 5.41) is 12.0. The summed E-state index contributed by atoms with van der Waals surface area (Å²) >= 11 is 1.76. The van der Waals surface area contributed by atoms with Gasteiger partial charge in [0.2, 0.25) is 0 Å². The van der Waals surface area contributed by atoms with Crippen molar-refractivity contribution in [3.63, 3.8) is 0 Å². The maximum absolute atomic E-state index is 13.2. The minimum atomic E-state index is 0.163. The summed E-state index contributed by atoms with van der Waals surface area (Å²) in [4.78, 5) is 15.7. The number of nitrogens with one attached hydrogen (secondary N) is 1. The highest BCUT2D eigenvalue weighted by Crippen LogP contribution is 2.42. The summed E-state index contributed by atoms with van der Waals surface area (Å²) in [6.45, 7) is 13.4. The highest BCUT2D eigenvalue weighted by Gasteiger charge is 2.31. The van der Waals surface area contributed by atoms with E-state index in [1.54, 1.807) is 11.3 Å². The van der Waals surface area contributed by atoms with Gasteiger partial charge in [-0.3, -0.25) is 4.79 Å². The molecular formula is C28H41NO3S. The van der Waals surface area contributed by atoms with E-state index in [0.29, 0.717) is 30.8 Å². The number of thiophene rings is 1. The third kappa shape index (κ3) is 6.68. The van der Waals surface area contributed by atoms with Crippen LogP contribution in [-0.2, 0) is 25.7 Å². The normalized spacial score (nSPS) is 14.8. The number of carbonyl (C=O) groups is 1. The van der Waals surface area contributed by atoms with Gasteiger partial charge in [0, 0.05) is 17.8 Å². The number of hydrogen-bond acceptors (Lipinski definition) is 5. The molecule has 2 aromatic rings. The zero-order valence-electron chi connectivity index (χ0n) is 21.1. The smallest absolute Gasteiger partial charge is 0.173 e. The van der Waals surface area contributed by atoms with Crippen LogP contribution in [0.1, 0.15) is 82.4 Å². The first kappa shape index (κ1) is 25.9. The molecular weight excluding hydrogens is 430 g/mol. The van der Waals surface area contributed by atoms with Crippen LogP contribution in [0.5, 0.6) is 5.75 Å². The second-order valence-corrected chi connectivity index (χ2v) is 11.3. The number of fused-ring (bicyclic) bond motifs is 1. The molecule has 0 spiro atoms. The van der Waals surface area contributed by atoms with E-state index in [2.05, 4.69) is 52.1 Å². The molecule has 1 heterocycles. The Hall–Kier alpha value is -1.69. The van der Waals surface area contributed by atoms with Crippen LogP contribution in [0, 0.1) is 19.3 Å². The Morgan fingerprint density at radius 1 is 1.18 bits per heavy atom. The Balaban J connectivity index is 1.61. The van der Waals surface area contributed by atoms with Crippen molar-refractivity contribution in [2.75, 3.05) is 26.3 Å². The van der Waals surface area contributed by atoms with E-state index in [1.807, 2.05) is 0 Å². The molecule has 1 aliphatic rings. The Morgan fingerprint density at radius 2 is 1.91 bits per heavy atom. The summed E-state index contributed by atoms with van der Waals surface area (Å²) in [6.07, 6.45) is 6.56. The Morgan fingerprint density at radius 3 is 2.58 bits per heavy atom. The number of aryl methyl sites for hydroxylation is 4. The molecule has 0 bridgehead atoms. The zero-order valence-corrected chi connectivity index (χ0v) is 21.9. The minimum Gasteiger partial charge on any atom is -0.493 e. The molecule has 1 aromatic carbocycles. The fraction of sp³-hybridized carbons (Fsp3) is 0.607. The van der Waals surface area contributed by atoms with Gasteiger partial charge in [-0.05, 0) is 92.1 Å². The second-order valence-electron chi connectivity index (χ2n) is 10.2. The van der Waals surface area contributed by atoms with Crippen LogP contribution in [0.15, 0.2) is 12.1 Å².